The van der Waals surface area contributed by atoms with E-state index in [4.69, 9.17) is 4.74 Å². The summed E-state index contributed by atoms with van der Waals surface area (Å²) in [4.78, 5) is 16.7. The third-order valence-electron chi connectivity index (χ3n) is 3.95. The Labute approximate surface area is 138 Å². The predicted molar refractivity (Wildman–Crippen MR) is 90.2 cm³/mol. The van der Waals surface area contributed by atoms with Gasteiger partial charge in [-0.3, -0.25) is 0 Å². The molecular weight excluding hydrogens is 346 g/mol. The molecule has 1 saturated heterocycles. The number of aromatic nitrogens is 1. The number of ether oxygens (including phenoxy) is 1. The van der Waals surface area contributed by atoms with Crippen LogP contribution in [-0.2, 0) is 17.6 Å². The van der Waals surface area contributed by atoms with Crippen LogP contribution in [0.3, 0.4) is 0 Å². The van der Waals surface area contributed by atoms with Crippen LogP contribution in [0.25, 0.3) is 10.9 Å². The number of amides is 1. The van der Waals surface area contributed by atoms with Crippen molar-refractivity contribution in [2.24, 2.45) is 0 Å². The molecule has 1 unspecified atom stereocenters. The predicted octanol–water partition coefficient (Wildman–Crippen LogP) is 2.69. The molecule has 1 fully saturated rings. The molecule has 0 spiro atoms. The maximum atomic E-state index is 11.1. The molecule has 2 aromatic rings. The largest absolute Gasteiger partial charge is 0.447 e. The average molecular weight is 366 g/mol. The Kier molecular flexibility index (Phi) is 4.40. The van der Waals surface area contributed by atoms with E-state index in [1.54, 1.807) is 0 Å². The van der Waals surface area contributed by atoms with Crippen molar-refractivity contribution in [1.29, 1.82) is 0 Å². The normalized spacial score (nSPS) is 18.0. The number of likely N-dealkylation sites (N-methyl/N-ethyl adjacent to an activating group) is 1. The minimum atomic E-state index is -0.317. The maximum Gasteiger partial charge on any atom is 0.407 e. The van der Waals surface area contributed by atoms with E-state index in [0.29, 0.717) is 6.61 Å². The molecule has 0 aliphatic carbocycles. The van der Waals surface area contributed by atoms with Crippen LogP contribution in [-0.4, -0.2) is 49.3 Å². The smallest absolute Gasteiger partial charge is 0.407 e. The van der Waals surface area contributed by atoms with Crippen molar-refractivity contribution < 1.29 is 9.53 Å². The van der Waals surface area contributed by atoms with Gasteiger partial charge in [0.05, 0.1) is 10.6 Å². The van der Waals surface area contributed by atoms with Gasteiger partial charge >= 0.3 is 6.09 Å². The van der Waals surface area contributed by atoms with Gasteiger partial charge < -0.3 is 19.9 Å². The molecule has 1 aromatic carbocycles. The Bertz CT molecular complexity index is 696. The molecule has 22 heavy (non-hydrogen) atoms. The van der Waals surface area contributed by atoms with E-state index in [-0.39, 0.29) is 12.1 Å². The molecule has 2 heterocycles. The van der Waals surface area contributed by atoms with E-state index in [1.807, 2.05) is 0 Å². The number of alkyl carbamates (subject to hydrolysis) is 1. The second-order valence-electron chi connectivity index (χ2n) is 5.99. The Morgan fingerprint density at radius 2 is 2.23 bits per heavy atom. The van der Waals surface area contributed by atoms with Crippen LogP contribution in [0.4, 0.5) is 4.79 Å². The molecule has 1 amide bonds. The molecule has 6 heteroatoms. The third-order valence-corrected chi connectivity index (χ3v) is 4.62. The number of hydrogen-bond donors (Lipinski definition) is 2. The van der Waals surface area contributed by atoms with Gasteiger partial charge in [0.2, 0.25) is 0 Å². The monoisotopic (exact) mass is 365 g/mol. The van der Waals surface area contributed by atoms with Crippen LogP contribution in [0.5, 0.6) is 0 Å². The van der Waals surface area contributed by atoms with E-state index >= 15 is 0 Å². The molecule has 0 bridgehead atoms. The zero-order valence-electron chi connectivity index (χ0n) is 12.8. The second-order valence-corrected chi connectivity index (χ2v) is 6.79. The highest BCUT2D eigenvalue weighted by Crippen LogP contribution is 2.28. The molecule has 1 atom stereocenters. The Hall–Kier alpha value is -1.53. The molecule has 2 N–H and O–H groups in total. The van der Waals surface area contributed by atoms with Crippen LogP contribution in [0.2, 0.25) is 0 Å². The number of benzene rings is 1. The number of nitrogens with one attached hydrogen (secondary N) is 2. The van der Waals surface area contributed by atoms with Gasteiger partial charge in [-0.25, -0.2) is 4.79 Å². The Balaban J connectivity index is 1.84. The van der Waals surface area contributed by atoms with Gasteiger partial charge in [0.1, 0.15) is 6.61 Å². The lowest BCUT2D eigenvalue weighted by Crippen LogP contribution is -2.28. The van der Waals surface area contributed by atoms with Crippen molar-refractivity contribution in [2.75, 3.05) is 27.2 Å². The van der Waals surface area contributed by atoms with Crippen molar-refractivity contribution in [3.8, 4) is 0 Å². The van der Waals surface area contributed by atoms with Gasteiger partial charge in [0.25, 0.3) is 0 Å². The highest BCUT2D eigenvalue weighted by molar-refractivity contribution is 9.10. The van der Waals surface area contributed by atoms with E-state index < -0.39 is 0 Å². The van der Waals surface area contributed by atoms with Crippen molar-refractivity contribution in [3.05, 3.63) is 33.9 Å². The molecule has 5 nitrogen and oxygen atoms in total. The summed E-state index contributed by atoms with van der Waals surface area (Å²) in [5.74, 6) is 0. The van der Waals surface area contributed by atoms with Gasteiger partial charge in [-0.15, -0.1) is 0 Å². The lowest BCUT2D eigenvalue weighted by Gasteiger charge is -2.10. The summed E-state index contributed by atoms with van der Waals surface area (Å²) < 4.78 is 6.00. The standard InChI is InChI=1S/C16H20BrN3O2/c1-20(2)6-5-12-13-8-10(3-4-14(13)19-15(12)17)7-11-9-22-16(21)18-11/h3-4,8,11,19H,5-7,9H2,1-2H3,(H,18,21). The lowest BCUT2D eigenvalue weighted by atomic mass is 10.0. The first kappa shape index (κ1) is 15.4. The van der Waals surface area contributed by atoms with E-state index in [1.165, 1.54) is 16.5 Å². The molecule has 1 aliphatic heterocycles. The summed E-state index contributed by atoms with van der Waals surface area (Å²) >= 11 is 3.63. The number of carbonyl (C=O) groups is 1. The number of aromatic amines is 1. The maximum absolute atomic E-state index is 11.1. The molecular formula is C16H20BrN3O2. The van der Waals surface area contributed by atoms with Gasteiger partial charge in [0.15, 0.2) is 0 Å². The van der Waals surface area contributed by atoms with Crippen LogP contribution in [0.15, 0.2) is 22.8 Å². The summed E-state index contributed by atoms with van der Waals surface area (Å²) in [5, 5.41) is 4.07. The number of carbonyl (C=O) groups excluding carboxylic acids is 1. The molecule has 1 aromatic heterocycles. The second kappa shape index (κ2) is 6.30. The third kappa shape index (κ3) is 3.28. The molecule has 118 valence electrons. The van der Waals surface area contributed by atoms with E-state index in [2.05, 4.69) is 63.4 Å². The first-order chi connectivity index (χ1) is 10.5. The fourth-order valence-electron chi connectivity index (χ4n) is 2.79. The molecule has 3 rings (SSSR count). The number of nitrogens with zero attached hydrogens (tertiary/aromatic N) is 1. The summed E-state index contributed by atoms with van der Waals surface area (Å²) in [6.07, 6.45) is 1.46. The van der Waals surface area contributed by atoms with Crippen molar-refractivity contribution in [3.63, 3.8) is 0 Å². The minimum Gasteiger partial charge on any atom is -0.447 e. The quantitative estimate of drug-likeness (QED) is 0.856. The van der Waals surface area contributed by atoms with Gasteiger partial charge in [-0.1, -0.05) is 6.07 Å². The van der Waals surface area contributed by atoms with Gasteiger partial charge in [0, 0.05) is 17.4 Å². The van der Waals surface area contributed by atoms with Crippen LogP contribution in [0, 0.1) is 0 Å². The number of halogens is 1. The van der Waals surface area contributed by atoms with Crippen molar-refractivity contribution >= 4 is 32.9 Å². The van der Waals surface area contributed by atoms with Crippen molar-refractivity contribution in [2.45, 2.75) is 18.9 Å². The van der Waals surface area contributed by atoms with Crippen LogP contribution >= 0.6 is 15.9 Å². The number of H-pyrrole nitrogens is 1. The average Bonchev–Trinajstić information content (AvgIpc) is 2.99. The highest BCUT2D eigenvalue weighted by atomic mass is 79.9. The molecule has 0 radical (unpaired) electrons. The zero-order chi connectivity index (χ0) is 15.7. The van der Waals surface area contributed by atoms with Gasteiger partial charge in [-0.2, -0.15) is 0 Å². The topological polar surface area (TPSA) is 57.4 Å². The SMILES string of the molecule is CN(C)CCc1c(Br)[nH]c2ccc(CC3COC(=O)N3)cc12. The first-order valence-electron chi connectivity index (χ1n) is 7.40. The Morgan fingerprint density at radius 3 is 2.91 bits per heavy atom. The zero-order valence-corrected chi connectivity index (χ0v) is 14.4. The number of rotatable bonds is 5. The number of fused-ring (bicyclic) bond motifs is 1. The summed E-state index contributed by atoms with van der Waals surface area (Å²) in [7, 11) is 4.16. The summed E-state index contributed by atoms with van der Waals surface area (Å²) in [6.45, 7) is 1.45. The Morgan fingerprint density at radius 1 is 1.41 bits per heavy atom. The van der Waals surface area contributed by atoms with Crippen molar-refractivity contribution in [1.82, 2.24) is 15.2 Å². The van der Waals surface area contributed by atoms with Crippen LogP contribution in [0.1, 0.15) is 11.1 Å². The van der Waals surface area contributed by atoms with Crippen LogP contribution < -0.4 is 5.32 Å². The summed E-state index contributed by atoms with van der Waals surface area (Å²) in [6, 6.07) is 6.49. The number of cyclic esters (lactones) is 1. The minimum absolute atomic E-state index is 0.0672. The van der Waals surface area contributed by atoms with E-state index in [0.717, 1.165) is 29.5 Å². The first-order valence-corrected chi connectivity index (χ1v) is 8.19. The lowest BCUT2D eigenvalue weighted by molar-refractivity contribution is 0.177. The number of hydrogen-bond acceptors (Lipinski definition) is 3. The fourth-order valence-corrected chi connectivity index (χ4v) is 3.41. The van der Waals surface area contributed by atoms with Gasteiger partial charge in [-0.05, 0) is 66.1 Å². The fraction of sp³-hybridized carbons (Fsp3) is 0.438. The molecule has 0 saturated carbocycles. The molecule has 1 aliphatic rings. The van der Waals surface area contributed by atoms with E-state index in [9.17, 15) is 4.79 Å². The summed E-state index contributed by atoms with van der Waals surface area (Å²) in [5.41, 5.74) is 3.65. The highest BCUT2D eigenvalue weighted by Gasteiger charge is 2.22.